The maximum absolute atomic E-state index is 13.7. The predicted octanol–water partition coefficient (Wildman–Crippen LogP) is 2.21. The van der Waals surface area contributed by atoms with E-state index in [-0.39, 0.29) is 5.82 Å². The molecule has 0 atom stereocenters. The first-order chi connectivity index (χ1) is 8.74. The summed E-state index contributed by atoms with van der Waals surface area (Å²) >= 11 is 0. The molecular formula is C13H12FN3O. The van der Waals surface area contributed by atoms with Crippen LogP contribution < -0.4 is 0 Å². The summed E-state index contributed by atoms with van der Waals surface area (Å²) in [4.78, 5) is 0. The van der Waals surface area contributed by atoms with Gasteiger partial charge < -0.3 is 4.74 Å². The largest absolute Gasteiger partial charge is 0.383 e. The summed E-state index contributed by atoms with van der Waals surface area (Å²) < 4.78 is 20.3. The molecule has 2 rings (SSSR count). The normalized spacial score (nSPS) is 10.3. The fourth-order valence-corrected chi connectivity index (χ4v) is 1.63. The average Bonchev–Trinajstić information content (AvgIpc) is 2.85. The third kappa shape index (κ3) is 2.55. The van der Waals surface area contributed by atoms with Crippen molar-refractivity contribution in [3.8, 4) is 17.2 Å². The quantitative estimate of drug-likeness (QED) is 0.829. The van der Waals surface area contributed by atoms with E-state index in [1.165, 1.54) is 18.2 Å². The Hall–Kier alpha value is -2.19. The van der Waals surface area contributed by atoms with Gasteiger partial charge in [-0.2, -0.15) is 10.4 Å². The standard InChI is InChI=1S/C13H12FN3O/c1-18-5-4-17-9-11(8-16-17)12-6-10(7-15)2-3-13(12)14/h2-3,6,8-9H,4-5H2,1H3. The Morgan fingerprint density at radius 2 is 2.33 bits per heavy atom. The molecule has 0 saturated heterocycles. The molecule has 4 nitrogen and oxygen atoms in total. The van der Waals surface area contributed by atoms with E-state index in [0.29, 0.717) is 29.8 Å². The van der Waals surface area contributed by atoms with Crippen molar-refractivity contribution in [2.24, 2.45) is 0 Å². The summed E-state index contributed by atoms with van der Waals surface area (Å²) in [5.41, 5.74) is 1.47. The Kier molecular flexibility index (Phi) is 3.70. The number of nitriles is 1. The Morgan fingerprint density at radius 3 is 3.06 bits per heavy atom. The maximum atomic E-state index is 13.7. The minimum absolute atomic E-state index is 0.361. The zero-order valence-electron chi connectivity index (χ0n) is 9.93. The summed E-state index contributed by atoms with van der Waals surface area (Å²) in [6.45, 7) is 1.15. The van der Waals surface area contributed by atoms with E-state index < -0.39 is 0 Å². The van der Waals surface area contributed by atoms with E-state index >= 15 is 0 Å². The second-order valence-corrected chi connectivity index (χ2v) is 3.79. The van der Waals surface area contributed by atoms with Gasteiger partial charge in [0.2, 0.25) is 0 Å². The molecule has 18 heavy (non-hydrogen) atoms. The molecule has 0 saturated carbocycles. The molecule has 0 radical (unpaired) electrons. The van der Waals surface area contributed by atoms with E-state index in [0.717, 1.165) is 0 Å². The topological polar surface area (TPSA) is 50.8 Å². The summed E-state index contributed by atoms with van der Waals surface area (Å²) in [7, 11) is 1.61. The lowest BCUT2D eigenvalue weighted by Crippen LogP contribution is -2.03. The zero-order chi connectivity index (χ0) is 13.0. The maximum Gasteiger partial charge on any atom is 0.131 e. The van der Waals surface area contributed by atoms with E-state index in [4.69, 9.17) is 10.00 Å². The second-order valence-electron chi connectivity index (χ2n) is 3.79. The van der Waals surface area contributed by atoms with Crippen molar-refractivity contribution in [1.29, 1.82) is 5.26 Å². The molecule has 92 valence electrons. The molecule has 0 aliphatic heterocycles. The Bertz CT molecular complexity index is 586. The van der Waals surface area contributed by atoms with Crippen LogP contribution in [0.5, 0.6) is 0 Å². The summed E-state index contributed by atoms with van der Waals surface area (Å²) in [6.07, 6.45) is 3.31. The number of halogens is 1. The Labute approximate surface area is 104 Å². The molecule has 0 aliphatic carbocycles. The highest BCUT2D eigenvalue weighted by atomic mass is 19.1. The van der Waals surface area contributed by atoms with Crippen molar-refractivity contribution in [2.75, 3.05) is 13.7 Å². The highest BCUT2D eigenvalue weighted by molar-refractivity contribution is 5.64. The van der Waals surface area contributed by atoms with Crippen LogP contribution in [0.1, 0.15) is 5.56 Å². The number of aromatic nitrogens is 2. The van der Waals surface area contributed by atoms with Crippen molar-refractivity contribution >= 4 is 0 Å². The number of hydrogen-bond acceptors (Lipinski definition) is 3. The number of rotatable bonds is 4. The predicted molar refractivity (Wildman–Crippen MR) is 64.2 cm³/mol. The average molecular weight is 245 g/mol. The number of ether oxygens (including phenoxy) is 1. The molecule has 0 unspecified atom stereocenters. The second kappa shape index (κ2) is 5.43. The van der Waals surface area contributed by atoms with Crippen LogP contribution in [0.25, 0.3) is 11.1 Å². The lowest BCUT2D eigenvalue weighted by Gasteiger charge is -2.01. The number of nitrogens with zero attached hydrogens (tertiary/aromatic N) is 3. The van der Waals surface area contributed by atoms with Crippen LogP contribution in [0, 0.1) is 17.1 Å². The van der Waals surface area contributed by atoms with Crippen molar-refractivity contribution in [3.63, 3.8) is 0 Å². The zero-order valence-corrected chi connectivity index (χ0v) is 9.93. The van der Waals surface area contributed by atoms with Gasteiger partial charge in [0.05, 0.1) is 31.0 Å². The van der Waals surface area contributed by atoms with Gasteiger partial charge in [0.25, 0.3) is 0 Å². The molecule has 5 heteroatoms. The minimum atomic E-state index is -0.361. The fraction of sp³-hybridized carbons (Fsp3) is 0.231. The first-order valence-corrected chi connectivity index (χ1v) is 5.46. The summed E-state index contributed by atoms with van der Waals surface area (Å²) in [5.74, 6) is -0.361. The van der Waals surface area contributed by atoms with Gasteiger partial charge in [0.15, 0.2) is 0 Å². The smallest absolute Gasteiger partial charge is 0.131 e. The molecule has 0 fully saturated rings. The van der Waals surface area contributed by atoms with Crippen molar-refractivity contribution in [3.05, 3.63) is 42.0 Å². The van der Waals surface area contributed by atoms with Crippen molar-refractivity contribution in [2.45, 2.75) is 6.54 Å². The monoisotopic (exact) mass is 245 g/mol. The SMILES string of the molecule is COCCn1cc(-c2cc(C#N)ccc2F)cn1. The van der Waals surface area contributed by atoms with Crippen LogP contribution in [0.2, 0.25) is 0 Å². The molecule has 0 N–H and O–H groups in total. The van der Waals surface area contributed by atoms with Gasteiger partial charge in [0, 0.05) is 24.4 Å². The third-order valence-electron chi connectivity index (χ3n) is 2.56. The fourth-order valence-electron chi connectivity index (χ4n) is 1.63. The van der Waals surface area contributed by atoms with E-state index in [2.05, 4.69) is 5.10 Å². The first kappa shape index (κ1) is 12.3. The van der Waals surface area contributed by atoms with Crippen LogP contribution in [0.3, 0.4) is 0 Å². The van der Waals surface area contributed by atoms with Crippen LogP contribution >= 0.6 is 0 Å². The number of benzene rings is 1. The number of methoxy groups -OCH3 is 1. The van der Waals surface area contributed by atoms with E-state index in [9.17, 15) is 4.39 Å². The minimum Gasteiger partial charge on any atom is -0.383 e. The van der Waals surface area contributed by atoms with E-state index in [1.54, 1.807) is 24.2 Å². The van der Waals surface area contributed by atoms with Gasteiger partial charge in [-0.15, -0.1) is 0 Å². The van der Waals surface area contributed by atoms with Crippen molar-refractivity contribution < 1.29 is 9.13 Å². The van der Waals surface area contributed by atoms with Gasteiger partial charge in [-0.3, -0.25) is 4.68 Å². The van der Waals surface area contributed by atoms with Crippen LogP contribution in [-0.2, 0) is 11.3 Å². The van der Waals surface area contributed by atoms with Gasteiger partial charge in [-0.1, -0.05) is 0 Å². The van der Waals surface area contributed by atoms with Crippen LogP contribution in [0.15, 0.2) is 30.6 Å². The van der Waals surface area contributed by atoms with Gasteiger partial charge in [0.1, 0.15) is 5.82 Å². The van der Waals surface area contributed by atoms with Gasteiger partial charge >= 0.3 is 0 Å². The summed E-state index contributed by atoms with van der Waals surface area (Å²) in [5, 5.41) is 12.9. The van der Waals surface area contributed by atoms with Crippen LogP contribution in [0.4, 0.5) is 4.39 Å². The van der Waals surface area contributed by atoms with Crippen molar-refractivity contribution in [1.82, 2.24) is 9.78 Å². The Morgan fingerprint density at radius 1 is 1.50 bits per heavy atom. The first-order valence-electron chi connectivity index (χ1n) is 5.46. The van der Waals surface area contributed by atoms with Gasteiger partial charge in [-0.25, -0.2) is 4.39 Å². The molecule has 0 spiro atoms. The number of hydrogen-bond donors (Lipinski definition) is 0. The molecule has 0 amide bonds. The third-order valence-corrected chi connectivity index (χ3v) is 2.56. The van der Waals surface area contributed by atoms with Crippen LogP contribution in [-0.4, -0.2) is 23.5 Å². The summed E-state index contributed by atoms with van der Waals surface area (Å²) in [6, 6.07) is 6.26. The lowest BCUT2D eigenvalue weighted by atomic mass is 10.1. The molecule has 0 aliphatic rings. The lowest BCUT2D eigenvalue weighted by molar-refractivity contribution is 0.183. The highest BCUT2D eigenvalue weighted by Gasteiger charge is 2.08. The van der Waals surface area contributed by atoms with E-state index in [1.807, 2.05) is 6.07 Å². The molecular weight excluding hydrogens is 233 g/mol. The molecule has 2 aromatic rings. The molecule has 0 bridgehead atoms. The molecule has 1 aromatic heterocycles. The molecule has 1 heterocycles. The Balaban J connectivity index is 2.31. The van der Waals surface area contributed by atoms with Gasteiger partial charge in [-0.05, 0) is 18.2 Å². The molecule has 1 aromatic carbocycles. The highest BCUT2D eigenvalue weighted by Crippen LogP contribution is 2.23.